The summed E-state index contributed by atoms with van der Waals surface area (Å²) in [5, 5.41) is 0.819. The molecule has 0 radical (unpaired) electrons. The summed E-state index contributed by atoms with van der Waals surface area (Å²) in [4.78, 5) is 19.3. The zero-order valence-electron chi connectivity index (χ0n) is 11.2. The predicted octanol–water partition coefficient (Wildman–Crippen LogP) is 3.96. The highest BCUT2D eigenvalue weighted by molar-refractivity contribution is 7.17. The molecule has 0 fully saturated rings. The topological polar surface area (TPSA) is 33.2 Å². The van der Waals surface area contributed by atoms with Crippen molar-refractivity contribution in [2.75, 3.05) is 11.4 Å². The molecule has 0 N–H and O–H groups in total. The molecule has 0 saturated heterocycles. The lowest BCUT2D eigenvalue weighted by Crippen LogP contribution is -2.15. The van der Waals surface area contributed by atoms with Crippen molar-refractivity contribution in [3.05, 3.63) is 40.7 Å². The molecule has 1 aromatic heterocycles. The SMILES string of the molecule is CCN(c1ccc(F)cc1)c1nc2c(s1)C(=O)CCC2. The molecular formula is C15H15FN2OS. The lowest BCUT2D eigenvalue weighted by molar-refractivity contribution is 0.0976. The van der Waals surface area contributed by atoms with Crippen LogP contribution in [0.4, 0.5) is 15.2 Å². The van der Waals surface area contributed by atoms with Gasteiger partial charge in [0.05, 0.1) is 10.6 Å². The second-order valence-electron chi connectivity index (χ2n) is 4.77. The number of hydrogen-bond acceptors (Lipinski definition) is 4. The van der Waals surface area contributed by atoms with Crippen molar-refractivity contribution in [3.8, 4) is 0 Å². The summed E-state index contributed by atoms with van der Waals surface area (Å²) in [6.45, 7) is 2.75. The number of ketones is 1. The van der Waals surface area contributed by atoms with Crippen molar-refractivity contribution in [2.45, 2.75) is 26.2 Å². The van der Waals surface area contributed by atoms with Gasteiger partial charge in [0.1, 0.15) is 5.82 Å². The summed E-state index contributed by atoms with van der Waals surface area (Å²) in [7, 11) is 0. The van der Waals surface area contributed by atoms with E-state index in [0.717, 1.165) is 40.8 Å². The lowest BCUT2D eigenvalue weighted by atomic mass is 10.0. The number of thiazole rings is 1. The number of nitrogens with zero attached hydrogens (tertiary/aromatic N) is 2. The van der Waals surface area contributed by atoms with E-state index in [9.17, 15) is 9.18 Å². The van der Waals surface area contributed by atoms with Crippen molar-refractivity contribution < 1.29 is 9.18 Å². The van der Waals surface area contributed by atoms with Crippen LogP contribution < -0.4 is 4.90 Å². The van der Waals surface area contributed by atoms with E-state index in [1.807, 2.05) is 11.8 Å². The maximum absolute atomic E-state index is 13.0. The van der Waals surface area contributed by atoms with Crippen LogP contribution in [0.2, 0.25) is 0 Å². The van der Waals surface area contributed by atoms with Crippen molar-refractivity contribution >= 4 is 27.9 Å². The Hall–Kier alpha value is -1.75. The number of carbonyl (C=O) groups excluding carboxylic acids is 1. The molecule has 0 amide bonds. The number of Topliss-reactive ketones (excluding diaryl/α,β-unsaturated/α-hetero) is 1. The molecule has 0 aliphatic heterocycles. The molecule has 1 aliphatic carbocycles. The van der Waals surface area contributed by atoms with Crippen LogP contribution in [0.25, 0.3) is 0 Å². The van der Waals surface area contributed by atoms with Gasteiger partial charge in [-0.2, -0.15) is 0 Å². The van der Waals surface area contributed by atoms with Crippen LogP contribution in [0.1, 0.15) is 35.1 Å². The first kappa shape index (κ1) is 13.2. The minimum absolute atomic E-state index is 0.199. The van der Waals surface area contributed by atoms with E-state index in [1.54, 1.807) is 12.1 Å². The summed E-state index contributed by atoms with van der Waals surface area (Å²) in [6, 6.07) is 6.36. The smallest absolute Gasteiger partial charge is 0.190 e. The van der Waals surface area contributed by atoms with Crippen LogP contribution >= 0.6 is 11.3 Å². The molecule has 2 aromatic rings. The van der Waals surface area contributed by atoms with Gasteiger partial charge in [-0.05, 0) is 44.0 Å². The summed E-state index contributed by atoms with van der Waals surface area (Å²) in [5.41, 5.74) is 1.81. The molecule has 0 spiro atoms. The molecule has 0 unspecified atom stereocenters. The quantitative estimate of drug-likeness (QED) is 0.858. The average Bonchev–Trinajstić information content (AvgIpc) is 2.87. The molecule has 3 nitrogen and oxygen atoms in total. The highest BCUT2D eigenvalue weighted by Gasteiger charge is 2.24. The molecule has 0 saturated carbocycles. The Kier molecular flexibility index (Phi) is 3.53. The van der Waals surface area contributed by atoms with Crippen molar-refractivity contribution in [1.29, 1.82) is 0 Å². The summed E-state index contributed by atoms with van der Waals surface area (Å²) < 4.78 is 13.0. The highest BCUT2D eigenvalue weighted by atomic mass is 32.1. The van der Waals surface area contributed by atoms with E-state index in [2.05, 4.69) is 4.98 Å². The Balaban J connectivity index is 1.97. The fourth-order valence-electron chi connectivity index (χ4n) is 2.42. The first-order chi connectivity index (χ1) is 9.69. The Morgan fingerprint density at radius 2 is 2.05 bits per heavy atom. The van der Waals surface area contributed by atoms with E-state index >= 15 is 0 Å². The fraction of sp³-hybridized carbons (Fsp3) is 0.333. The van der Waals surface area contributed by atoms with E-state index in [-0.39, 0.29) is 11.6 Å². The van der Waals surface area contributed by atoms with Gasteiger partial charge in [-0.3, -0.25) is 4.79 Å². The molecule has 1 heterocycles. The predicted molar refractivity (Wildman–Crippen MR) is 78.5 cm³/mol. The van der Waals surface area contributed by atoms with Crippen molar-refractivity contribution in [1.82, 2.24) is 4.98 Å². The zero-order valence-corrected chi connectivity index (χ0v) is 12.0. The number of benzene rings is 1. The molecule has 104 valence electrons. The second-order valence-corrected chi connectivity index (χ2v) is 5.75. The minimum atomic E-state index is -0.251. The van der Waals surface area contributed by atoms with Gasteiger partial charge < -0.3 is 4.90 Å². The average molecular weight is 290 g/mol. The largest absolute Gasteiger partial charge is 0.318 e. The number of aryl methyl sites for hydroxylation is 1. The van der Waals surface area contributed by atoms with Gasteiger partial charge in [0.15, 0.2) is 10.9 Å². The first-order valence-electron chi connectivity index (χ1n) is 6.75. The number of anilines is 2. The van der Waals surface area contributed by atoms with Gasteiger partial charge in [0.25, 0.3) is 0 Å². The third kappa shape index (κ3) is 2.33. The fourth-order valence-corrected chi connectivity index (χ4v) is 3.59. The van der Waals surface area contributed by atoms with Crippen LogP contribution in [-0.4, -0.2) is 17.3 Å². The van der Waals surface area contributed by atoms with Gasteiger partial charge in [-0.25, -0.2) is 9.37 Å². The summed E-state index contributed by atoms with van der Waals surface area (Å²) in [6.07, 6.45) is 2.38. The Bertz CT molecular complexity index is 636. The molecule has 1 aliphatic rings. The van der Waals surface area contributed by atoms with Gasteiger partial charge >= 0.3 is 0 Å². The van der Waals surface area contributed by atoms with Gasteiger partial charge in [-0.1, -0.05) is 11.3 Å². The Labute approximate surface area is 121 Å². The molecule has 5 heteroatoms. The molecule has 3 rings (SSSR count). The molecule has 0 atom stereocenters. The maximum Gasteiger partial charge on any atom is 0.190 e. The maximum atomic E-state index is 13.0. The third-order valence-electron chi connectivity index (χ3n) is 3.44. The van der Waals surface area contributed by atoms with E-state index in [1.165, 1.54) is 23.5 Å². The Morgan fingerprint density at radius 1 is 1.30 bits per heavy atom. The second kappa shape index (κ2) is 5.32. The van der Waals surface area contributed by atoms with Gasteiger partial charge in [0.2, 0.25) is 0 Å². The highest BCUT2D eigenvalue weighted by Crippen LogP contribution is 2.35. The van der Waals surface area contributed by atoms with Gasteiger partial charge in [0, 0.05) is 18.7 Å². The third-order valence-corrected chi connectivity index (χ3v) is 4.60. The summed E-state index contributed by atoms with van der Waals surface area (Å²) in [5.74, 6) is -0.0522. The van der Waals surface area contributed by atoms with Crippen LogP contribution in [-0.2, 0) is 6.42 Å². The molecule has 1 aromatic carbocycles. The number of hydrogen-bond donors (Lipinski definition) is 0. The lowest BCUT2D eigenvalue weighted by Gasteiger charge is -2.19. The molecular weight excluding hydrogens is 275 g/mol. The zero-order chi connectivity index (χ0) is 14.1. The summed E-state index contributed by atoms with van der Waals surface area (Å²) >= 11 is 1.45. The van der Waals surface area contributed by atoms with Gasteiger partial charge in [-0.15, -0.1) is 0 Å². The monoisotopic (exact) mass is 290 g/mol. The van der Waals surface area contributed by atoms with E-state index < -0.39 is 0 Å². The number of halogens is 1. The van der Waals surface area contributed by atoms with E-state index in [4.69, 9.17) is 0 Å². The minimum Gasteiger partial charge on any atom is -0.318 e. The van der Waals surface area contributed by atoms with Crippen LogP contribution in [0.15, 0.2) is 24.3 Å². The Morgan fingerprint density at radius 3 is 2.70 bits per heavy atom. The standard InChI is InChI=1S/C15H15FN2OS/c1-2-18(11-8-6-10(16)7-9-11)15-17-12-4-3-5-13(19)14(12)20-15/h6-9H,2-5H2,1H3. The van der Waals surface area contributed by atoms with Crippen molar-refractivity contribution in [3.63, 3.8) is 0 Å². The van der Waals surface area contributed by atoms with Crippen molar-refractivity contribution in [2.24, 2.45) is 0 Å². The number of rotatable bonds is 3. The number of fused-ring (bicyclic) bond motifs is 1. The van der Waals surface area contributed by atoms with E-state index in [0.29, 0.717) is 6.42 Å². The van der Waals surface area contributed by atoms with Crippen LogP contribution in [0.5, 0.6) is 0 Å². The normalized spacial score (nSPS) is 14.2. The number of carbonyl (C=O) groups is 1. The number of aromatic nitrogens is 1. The molecule has 0 bridgehead atoms. The van der Waals surface area contributed by atoms with Crippen LogP contribution in [0.3, 0.4) is 0 Å². The van der Waals surface area contributed by atoms with Crippen LogP contribution in [0, 0.1) is 5.82 Å². The first-order valence-corrected chi connectivity index (χ1v) is 7.56. The molecule has 20 heavy (non-hydrogen) atoms.